The third kappa shape index (κ3) is 10.1. The van der Waals surface area contributed by atoms with Gasteiger partial charge in [0.1, 0.15) is 23.8 Å². The highest BCUT2D eigenvalue weighted by Gasteiger charge is 2.49. The Morgan fingerprint density at radius 2 is 1.49 bits per heavy atom. The molecule has 4 aromatic rings. The molecular weight excluding hydrogens is 823 g/mol. The Morgan fingerprint density at radius 1 is 0.860 bits per heavy atom. The van der Waals surface area contributed by atoms with Crippen molar-refractivity contribution in [2.45, 2.75) is 80.2 Å². The summed E-state index contributed by atoms with van der Waals surface area (Å²) >= 11 is 12.5. The van der Waals surface area contributed by atoms with E-state index in [1.54, 1.807) is 67.6 Å². The normalized spacial score (nSPS) is 20.3. The maximum absolute atomic E-state index is 15.1. The molecule has 0 bridgehead atoms. The van der Waals surface area contributed by atoms with Crippen molar-refractivity contribution < 1.29 is 45.0 Å². The van der Waals surface area contributed by atoms with E-state index < -0.39 is 79.5 Å². The number of carboxylic acid groups (broad SMARTS) is 1. The third-order valence-corrected chi connectivity index (χ3v) is 14.5. The molecule has 17 heteroatoms. The minimum Gasteiger partial charge on any atom is -0.481 e. The van der Waals surface area contributed by atoms with Gasteiger partial charge in [-0.15, -0.1) is 0 Å². The van der Waals surface area contributed by atoms with Gasteiger partial charge in [0.2, 0.25) is 20.0 Å². The summed E-state index contributed by atoms with van der Waals surface area (Å²) in [6, 6.07) is 23.5. The van der Waals surface area contributed by atoms with Crippen molar-refractivity contribution >= 4 is 66.5 Å². The minimum atomic E-state index is -3.96. The second-order valence-electron chi connectivity index (χ2n) is 14.1. The Balaban J connectivity index is 0.000000328. The zero-order valence-electron chi connectivity index (χ0n) is 30.7. The van der Waals surface area contributed by atoms with Crippen molar-refractivity contribution in [3.63, 3.8) is 0 Å². The highest BCUT2D eigenvalue weighted by Crippen LogP contribution is 2.45. The van der Waals surface area contributed by atoms with Crippen LogP contribution in [0.3, 0.4) is 0 Å². The highest BCUT2D eigenvalue weighted by atomic mass is 35.5. The number of hydrogen-bond acceptors (Lipinski definition) is 7. The molecule has 0 unspecified atom stereocenters. The molecule has 1 heterocycles. The van der Waals surface area contributed by atoms with E-state index in [2.05, 4.69) is 4.72 Å². The molecule has 0 spiro atoms. The molecule has 3 aliphatic rings. The van der Waals surface area contributed by atoms with Crippen LogP contribution in [0.1, 0.15) is 68.7 Å². The number of nitrogens with one attached hydrogen (secondary N) is 1. The number of carbonyl (C=O) groups is 2. The van der Waals surface area contributed by atoms with Crippen LogP contribution in [0, 0.1) is 11.6 Å². The lowest BCUT2D eigenvalue weighted by Gasteiger charge is -2.48. The number of sulfonamides is 2. The van der Waals surface area contributed by atoms with Crippen molar-refractivity contribution in [1.29, 1.82) is 0 Å². The van der Waals surface area contributed by atoms with Crippen LogP contribution in [0.4, 0.5) is 20.2 Å². The van der Waals surface area contributed by atoms with Crippen LogP contribution in [0.5, 0.6) is 0 Å². The molecule has 3 fully saturated rings. The number of hydrogen-bond donors (Lipinski definition) is 2. The average molecular weight is 865 g/mol. The average Bonchev–Trinajstić information content (AvgIpc) is 4.08. The third-order valence-electron chi connectivity index (χ3n) is 9.88. The molecule has 1 amide bonds. The first-order valence-corrected chi connectivity index (χ1v) is 22.1. The van der Waals surface area contributed by atoms with Gasteiger partial charge in [0.05, 0.1) is 46.9 Å². The number of anilines is 2. The molecule has 2 N–H and O–H groups in total. The van der Waals surface area contributed by atoms with E-state index in [0.29, 0.717) is 46.9 Å². The van der Waals surface area contributed by atoms with Crippen LogP contribution in [0.2, 0.25) is 10.0 Å². The number of aliphatic carboxylic acids is 1. The van der Waals surface area contributed by atoms with Crippen molar-refractivity contribution in [1.82, 2.24) is 4.90 Å². The van der Waals surface area contributed by atoms with E-state index in [4.69, 9.17) is 27.9 Å². The van der Waals surface area contributed by atoms with Crippen molar-refractivity contribution in [3.8, 4) is 0 Å². The second-order valence-corrected chi connectivity index (χ2v) is 19.0. The summed E-state index contributed by atoms with van der Waals surface area (Å²) in [7, 11) is -7.31. The molecule has 2 aliphatic carbocycles. The van der Waals surface area contributed by atoms with Gasteiger partial charge in [-0.25, -0.2) is 25.6 Å². The predicted molar refractivity (Wildman–Crippen MR) is 214 cm³/mol. The van der Waals surface area contributed by atoms with Gasteiger partial charge in [0.15, 0.2) is 0 Å². The minimum absolute atomic E-state index is 0.0272. The number of ether oxygens (including phenoxy) is 1. The molecule has 7 rings (SSSR count). The van der Waals surface area contributed by atoms with E-state index >= 15 is 4.39 Å². The number of benzene rings is 4. The van der Waals surface area contributed by atoms with Crippen LogP contribution in [0.15, 0.2) is 97.1 Å². The van der Waals surface area contributed by atoms with E-state index in [-0.39, 0.29) is 29.6 Å². The zero-order chi connectivity index (χ0) is 41.1. The zero-order valence-corrected chi connectivity index (χ0v) is 33.8. The summed E-state index contributed by atoms with van der Waals surface area (Å²) in [5, 5.41) is 9.58. The van der Waals surface area contributed by atoms with E-state index in [0.717, 1.165) is 4.31 Å². The molecule has 11 nitrogen and oxygen atoms in total. The van der Waals surface area contributed by atoms with Gasteiger partial charge in [-0.2, -0.15) is 0 Å². The van der Waals surface area contributed by atoms with Gasteiger partial charge < -0.3 is 14.7 Å². The Labute approximate surface area is 340 Å². The van der Waals surface area contributed by atoms with E-state index in [1.165, 1.54) is 41.3 Å². The summed E-state index contributed by atoms with van der Waals surface area (Å²) in [5.41, 5.74) is 1.16. The summed E-state index contributed by atoms with van der Waals surface area (Å²) in [4.78, 5) is 27.5. The van der Waals surface area contributed by atoms with Crippen LogP contribution >= 0.6 is 23.2 Å². The quantitative estimate of drug-likeness (QED) is 0.129. The van der Waals surface area contributed by atoms with Gasteiger partial charge in [-0.1, -0.05) is 78.7 Å². The number of para-hydroxylation sites is 2. The maximum Gasteiger partial charge on any atom is 0.306 e. The number of amides is 1. The van der Waals surface area contributed by atoms with Gasteiger partial charge in [-0.05, 0) is 91.8 Å². The smallest absolute Gasteiger partial charge is 0.306 e. The number of halogens is 4. The first-order chi connectivity index (χ1) is 27.1. The van der Waals surface area contributed by atoms with Gasteiger partial charge in [0, 0.05) is 10.0 Å². The largest absolute Gasteiger partial charge is 0.481 e. The highest BCUT2D eigenvalue weighted by molar-refractivity contribution is 7.93. The van der Waals surface area contributed by atoms with Crippen molar-refractivity contribution in [3.05, 3.63) is 130 Å². The van der Waals surface area contributed by atoms with Crippen molar-refractivity contribution in [2.24, 2.45) is 0 Å². The lowest BCUT2D eigenvalue weighted by atomic mass is 9.89. The van der Waals surface area contributed by atoms with Crippen molar-refractivity contribution in [2.75, 3.05) is 15.6 Å². The SMILES string of the molecule is CC[C@@H](CN(c1ccccc1F)S(=O)(=O)C1CC1)N1C(=O)[C@@H](CC(=O)O)O[C@H](c2cccc(Cl)c2)[C@H]1c1ccc(Cl)cc1.O=S(=O)(Nc1ccccc1F)C1CC1. The molecular formula is C40H41Cl2F2N3O8S2. The molecule has 4 aromatic carbocycles. The van der Waals surface area contributed by atoms with Gasteiger partial charge >= 0.3 is 5.97 Å². The summed E-state index contributed by atoms with van der Waals surface area (Å²) < 4.78 is 88.1. The first-order valence-electron chi connectivity index (χ1n) is 18.3. The molecule has 2 saturated carbocycles. The molecule has 1 aliphatic heterocycles. The summed E-state index contributed by atoms with van der Waals surface area (Å²) in [5.74, 6) is -3.09. The number of carbonyl (C=O) groups excluding carboxylic acids is 1. The Bertz CT molecular complexity index is 2310. The first kappa shape index (κ1) is 42.3. The summed E-state index contributed by atoms with van der Waals surface area (Å²) in [6.45, 7) is 1.56. The lowest BCUT2D eigenvalue weighted by molar-refractivity contribution is -0.183. The summed E-state index contributed by atoms with van der Waals surface area (Å²) in [6.07, 6.45) is -0.278. The number of nitrogens with zero attached hydrogens (tertiary/aromatic N) is 2. The Hall–Kier alpha value is -4.28. The topological polar surface area (TPSA) is 150 Å². The van der Waals surface area contributed by atoms with Crippen LogP contribution < -0.4 is 9.03 Å². The molecule has 0 radical (unpaired) electrons. The Morgan fingerprint density at radius 3 is 2.07 bits per heavy atom. The molecule has 304 valence electrons. The maximum atomic E-state index is 15.1. The lowest BCUT2D eigenvalue weighted by Crippen LogP contribution is -2.58. The second kappa shape index (κ2) is 17.7. The van der Waals surface area contributed by atoms with Gasteiger partial charge in [0.25, 0.3) is 5.91 Å². The fraction of sp³-hybridized carbons (Fsp3) is 0.350. The fourth-order valence-electron chi connectivity index (χ4n) is 6.70. The fourth-order valence-corrected chi connectivity index (χ4v) is 10.3. The van der Waals surface area contributed by atoms with Gasteiger partial charge in [-0.3, -0.25) is 18.6 Å². The number of morpholine rings is 1. The molecule has 0 aromatic heterocycles. The number of carboxylic acids is 1. The molecule has 4 atom stereocenters. The standard InChI is InChI=1S/C31H31Cl2FN2O6S.C9H10FNO2S/c1-2-23(18-35(43(40,41)24-14-15-24)26-9-4-3-8-25(26)34)36-29(19-10-12-21(32)13-11-19)30(20-6-5-7-22(33)16-20)42-27(31(36)39)17-28(37)38;10-8-3-1-2-4-9(8)11-14(12,13)7-5-6-7/h3-13,16,23-24,27,29-30H,2,14-15,17-18H2,1H3,(H,37,38);1-4,7,11H,5-6H2/t23-,27+,29+,30+;/m0./s1. The predicted octanol–water partition coefficient (Wildman–Crippen LogP) is 8.12. The van der Waals surface area contributed by atoms with Crippen LogP contribution in [-0.4, -0.2) is 67.9 Å². The van der Waals surface area contributed by atoms with E-state index in [9.17, 15) is 35.9 Å². The van der Waals surface area contributed by atoms with E-state index in [1.807, 2.05) is 0 Å². The van der Waals surface area contributed by atoms with Crippen LogP contribution in [0.25, 0.3) is 0 Å². The molecule has 57 heavy (non-hydrogen) atoms. The molecule has 1 saturated heterocycles. The monoisotopic (exact) mass is 863 g/mol. The number of rotatable bonds is 14. The Kier molecular flexibility index (Phi) is 13.1. The van der Waals surface area contributed by atoms with Crippen LogP contribution in [-0.2, 0) is 34.4 Å².